The van der Waals surface area contributed by atoms with Crippen LogP contribution in [0, 0.1) is 0 Å². The van der Waals surface area contributed by atoms with E-state index < -0.39 is 10.0 Å². The second kappa shape index (κ2) is 6.53. The number of nitrogens with zero attached hydrogens (tertiary/aromatic N) is 1. The lowest BCUT2D eigenvalue weighted by molar-refractivity contribution is -0.903. The highest BCUT2D eigenvalue weighted by Crippen LogP contribution is 2.36. The van der Waals surface area contributed by atoms with Crippen LogP contribution in [0.15, 0.2) is 18.5 Å². The summed E-state index contributed by atoms with van der Waals surface area (Å²) in [7, 11) is -3.32. The zero-order chi connectivity index (χ0) is 14.0. The molecule has 1 aliphatic rings. The van der Waals surface area contributed by atoms with Crippen molar-refractivity contribution in [2.24, 2.45) is 0 Å². The average Bonchev–Trinajstić information content (AvgIpc) is 2.71. The summed E-state index contributed by atoms with van der Waals surface area (Å²) in [4.78, 5) is 1.50. The number of hydrogen-bond acceptors (Lipinski definition) is 3. The molecule has 1 aromatic heterocycles. The molecule has 0 bridgehead atoms. The van der Waals surface area contributed by atoms with E-state index in [1.54, 1.807) is 10.4 Å². The molecule has 2 rings (SSSR count). The highest BCUT2D eigenvalue weighted by molar-refractivity contribution is 9.13. The lowest BCUT2D eigenvalue weighted by Gasteiger charge is -2.30. The van der Waals surface area contributed by atoms with Crippen molar-refractivity contribution >= 4 is 53.2 Å². The largest absolute Gasteiger partial charge is 0.333 e. The number of halogens is 2. The maximum absolute atomic E-state index is 12.5. The number of thiophene rings is 1. The molecule has 1 N–H and O–H groups in total. The molecule has 1 aliphatic heterocycles. The molecule has 0 radical (unpaired) electrons. The molecule has 0 amide bonds. The molecule has 0 spiro atoms. The van der Waals surface area contributed by atoms with Gasteiger partial charge in [0.25, 0.3) is 10.0 Å². The van der Waals surface area contributed by atoms with Gasteiger partial charge in [-0.25, -0.2) is 8.42 Å². The van der Waals surface area contributed by atoms with Gasteiger partial charge in [0, 0.05) is 4.47 Å². The third-order valence-corrected chi connectivity index (χ3v) is 8.85. The van der Waals surface area contributed by atoms with Gasteiger partial charge in [0.15, 0.2) is 0 Å². The second-order valence-corrected chi connectivity index (χ2v) is 9.98. The molecule has 8 heteroatoms. The van der Waals surface area contributed by atoms with E-state index in [4.69, 9.17) is 0 Å². The predicted molar refractivity (Wildman–Crippen MR) is 84.3 cm³/mol. The summed E-state index contributed by atoms with van der Waals surface area (Å²) in [6.07, 6.45) is 1.15. The van der Waals surface area contributed by atoms with E-state index in [0.29, 0.717) is 17.3 Å². The minimum atomic E-state index is -3.32. The first kappa shape index (κ1) is 15.9. The van der Waals surface area contributed by atoms with Crippen LogP contribution >= 0.6 is 43.2 Å². The molecule has 1 aromatic rings. The van der Waals surface area contributed by atoms with Crippen LogP contribution in [0.5, 0.6) is 0 Å². The van der Waals surface area contributed by atoms with Crippen molar-refractivity contribution < 1.29 is 13.3 Å². The molecule has 2 heterocycles. The summed E-state index contributed by atoms with van der Waals surface area (Å²) >= 11 is 7.95. The first-order valence-electron chi connectivity index (χ1n) is 6.23. The highest BCUT2D eigenvalue weighted by atomic mass is 79.9. The molecule has 0 aromatic carbocycles. The normalized spacial score (nSPS) is 18.9. The number of hydrogen-bond donors (Lipinski definition) is 1. The molecule has 1 fully saturated rings. The summed E-state index contributed by atoms with van der Waals surface area (Å²) < 4.78 is 28.6. The van der Waals surface area contributed by atoms with Gasteiger partial charge in [-0.2, -0.15) is 4.31 Å². The SMILES string of the molecule is CCC[NH+]1CCN(S(=O)(=O)c2cc(Br)c(Br)s2)CC1. The van der Waals surface area contributed by atoms with Crippen LogP contribution in [-0.2, 0) is 10.0 Å². The Balaban J connectivity index is 2.09. The van der Waals surface area contributed by atoms with Crippen molar-refractivity contribution in [3.8, 4) is 0 Å². The maximum atomic E-state index is 12.5. The van der Waals surface area contributed by atoms with Gasteiger partial charge in [0.1, 0.15) is 4.21 Å². The number of sulfonamides is 1. The lowest BCUT2D eigenvalue weighted by Crippen LogP contribution is -3.14. The Morgan fingerprint density at radius 2 is 2.00 bits per heavy atom. The first-order chi connectivity index (χ1) is 8.95. The predicted octanol–water partition coefficient (Wildman–Crippen LogP) is 1.57. The van der Waals surface area contributed by atoms with Gasteiger partial charge in [0.2, 0.25) is 0 Å². The number of piperazine rings is 1. The zero-order valence-electron chi connectivity index (χ0n) is 10.7. The summed E-state index contributed by atoms with van der Waals surface area (Å²) in [5, 5.41) is 0. The van der Waals surface area contributed by atoms with Gasteiger partial charge in [-0.05, 0) is 44.3 Å². The van der Waals surface area contributed by atoms with Gasteiger partial charge in [-0.15, -0.1) is 11.3 Å². The van der Waals surface area contributed by atoms with Crippen LogP contribution in [0.2, 0.25) is 0 Å². The van der Waals surface area contributed by atoms with E-state index in [9.17, 15) is 8.42 Å². The van der Waals surface area contributed by atoms with E-state index >= 15 is 0 Å². The minimum absolute atomic E-state index is 0.408. The van der Waals surface area contributed by atoms with Crippen molar-refractivity contribution in [1.29, 1.82) is 0 Å². The first-order valence-corrected chi connectivity index (χ1v) is 10.1. The summed E-state index contributed by atoms with van der Waals surface area (Å²) in [5.41, 5.74) is 0. The minimum Gasteiger partial charge on any atom is -0.333 e. The quantitative estimate of drug-likeness (QED) is 0.784. The molecular formula is C11H17Br2N2O2S2+. The Kier molecular flexibility index (Phi) is 5.47. The molecule has 19 heavy (non-hydrogen) atoms. The van der Waals surface area contributed by atoms with Gasteiger partial charge in [0.05, 0.1) is 36.5 Å². The fourth-order valence-corrected chi connectivity index (χ4v) is 6.64. The number of quaternary nitrogens is 1. The van der Waals surface area contributed by atoms with Gasteiger partial charge >= 0.3 is 0 Å². The van der Waals surface area contributed by atoms with E-state index in [0.717, 1.165) is 34.3 Å². The average molecular weight is 433 g/mol. The smallest absolute Gasteiger partial charge is 0.253 e. The van der Waals surface area contributed by atoms with Crippen molar-refractivity contribution in [3.05, 3.63) is 14.3 Å². The van der Waals surface area contributed by atoms with Gasteiger partial charge < -0.3 is 4.90 Å². The number of nitrogens with one attached hydrogen (secondary N) is 1. The van der Waals surface area contributed by atoms with Crippen molar-refractivity contribution in [3.63, 3.8) is 0 Å². The Hall–Kier alpha value is 0.530. The summed E-state index contributed by atoms with van der Waals surface area (Å²) in [5.74, 6) is 0. The third-order valence-electron chi connectivity index (χ3n) is 3.25. The molecule has 4 nitrogen and oxygen atoms in total. The molecule has 0 unspecified atom stereocenters. The summed E-state index contributed by atoms with van der Waals surface area (Å²) in [6, 6.07) is 1.68. The van der Waals surface area contributed by atoms with Crippen LogP contribution < -0.4 is 4.90 Å². The van der Waals surface area contributed by atoms with Gasteiger partial charge in [-0.3, -0.25) is 0 Å². The Morgan fingerprint density at radius 1 is 1.37 bits per heavy atom. The molecule has 0 aliphatic carbocycles. The van der Waals surface area contributed by atoms with Crippen LogP contribution in [-0.4, -0.2) is 45.4 Å². The summed E-state index contributed by atoms with van der Waals surface area (Å²) in [6.45, 7) is 6.33. The fraction of sp³-hybridized carbons (Fsp3) is 0.636. The van der Waals surface area contributed by atoms with Crippen LogP contribution in [0.3, 0.4) is 0 Å². The van der Waals surface area contributed by atoms with Gasteiger partial charge in [-0.1, -0.05) is 6.92 Å². The molecule has 108 valence electrons. The monoisotopic (exact) mass is 431 g/mol. The highest BCUT2D eigenvalue weighted by Gasteiger charge is 2.31. The molecule has 1 saturated heterocycles. The van der Waals surface area contributed by atoms with Crippen LogP contribution in [0.4, 0.5) is 0 Å². The molecule has 0 atom stereocenters. The Morgan fingerprint density at radius 3 is 2.47 bits per heavy atom. The van der Waals surface area contributed by atoms with E-state index in [-0.39, 0.29) is 0 Å². The lowest BCUT2D eigenvalue weighted by atomic mass is 10.3. The maximum Gasteiger partial charge on any atom is 0.253 e. The van der Waals surface area contributed by atoms with Crippen LogP contribution in [0.25, 0.3) is 0 Å². The van der Waals surface area contributed by atoms with Crippen LogP contribution in [0.1, 0.15) is 13.3 Å². The second-order valence-electron chi connectivity index (χ2n) is 4.59. The number of rotatable bonds is 4. The molecular weight excluding hydrogens is 416 g/mol. The van der Waals surface area contributed by atoms with Crippen molar-refractivity contribution in [1.82, 2.24) is 4.31 Å². The van der Waals surface area contributed by atoms with E-state index in [2.05, 4.69) is 38.8 Å². The van der Waals surface area contributed by atoms with E-state index in [1.165, 1.54) is 16.2 Å². The molecule has 0 saturated carbocycles. The topological polar surface area (TPSA) is 41.8 Å². The fourth-order valence-electron chi connectivity index (χ4n) is 2.23. The van der Waals surface area contributed by atoms with Crippen molar-refractivity contribution in [2.45, 2.75) is 17.6 Å². The third kappa shape index (κ3) is 3.59. The Bertz CT molecular complexity index is 517. The zero-order valence-corrected chi connectivity index (χ0v) is 15.5. The van der Waals surface area contributed by atoms with Crippen molar-refractivity contribution in [2.75, 3.05) is 32.7 Å². The Labute approximate surface area is 135 Å². The van der Waals surface area contributed by atoms with E-state index in [1.807, 2.05) is 0 Å². The standard InChI is InChI=1S/C11H16Br2N2O2S2/c1-2-3-14-4-6-15(7-5-14)19(16,17)10-8-9(12)11(13)18-10/h8H,2-7H2,1H3/p+1.